The molecular weight excluding hydrogens is 260 g/mol. The Hall–Kier alpha value is -1.07. The molecule has 1 N–H and O–H groups in total. The lowest BCUT2D eigenvalue weighted by Gasteiger charge is -2.30. The Bertz CT molecular complexity index is 547. The highest BCUT2D eigenvalue weighted by molar-refractivity contribution is 7.90. The highest BCUT2D eigenvalue weighted by Crippen LogP contribution is 2.23. The summed E-state index contributed by atoms with van der Waals surface area (Å²) >= 11 is 0. The molecule has 0 radical (unpaired) electrons. The first kappa shape index (κ1) is 14.3. The third-order valence-electron chi connectivity index (χ3n) is 3.72. The number of piperidine rings is 1. The summed E-state index contributed by atoms with van der Waals surface area (Å²) in [7, 11) is -1.01. The minimum atomic E-state index is -3.14. The Labute approximate surface area is 115 Å². The van der Waals surface area contributed by atoms with E-state index in [1.807, 2.05) is 13.0 Å². The molecule has 1 aromatic carbocycles. The minimum absolute atomic E-state index is 0.383. The monoisotopic (exact) mass is 282 g/mol. The van der Waals surface area contributed by atoms with Gasteiger partial charge in [-0.25, -0.2) is 8.42 Å². The Morgan fingerprint density at radius 3 is 2.47 bits per heavy atom. The molecule has 1 aliphatic heterocycles. The van der Waals surface area contributed by atoms with Gasteiger partial charge in [-0.2, -0.15) is 0 Å². The predicted octanol–water partition coefficient (Wildman–Crippen LogP) is 1.90. The molecule has 4 nitrogen and oxygen atoms in total. The van der Waals surface area contributed by atoms with Gasteiger partial charge in [-0.3, -0.25) is 0 Å². The molecule has 19 heavy (non-hydrogen) atoms. The van der Waals surface area contributed by atoms with Gasteiger partial charge in [0, 0.05) is 18.0 Å². The number of nitrogens with zero attached hydrogens (tertiary/aromatic N) is 1. The van der Waals surface area contributed by atoms with Crippen LogP contribution < -0.4 is 5.32 Å². The first-order chi connectivity index (χ1) is 8.86. The average Bonchev–Trinajstić information content (AvgIpc) is 2.33. The lowest BCUT2D eigenvalue weighted by molar-refractivity contribution is 0.264. The highest BCUT2D eigenvalue weighted by atomic mass is 32.2. The Kier molecular flexibility index (Phi) is 4.16. The summed E-state index contributed by atoms with van der Waals surface area (Å²) in [4.78, 5) is 2.70. The van der Waals surface area contributed by atoms with E-state index in [1.54, 1.807) is 12.1 Å². The summed E-state index contributed by atoms with van der Waals surface area (Å²) < 4.78 is 23.2. The second-order valence-corrected chi connectivity index (χ2v) is 7.49. The van der Waals surface area contributed by atoms with Gasteiger partial charge < -0.3 is 10.2 Å². The Balaban J connectivity index is 2.16. The molecule has 0 aliphatic carbocycles. The van der Waals surface area contributed by atoms with Crippen LogP contribution in [0.1, 0.15) is 18.4 Å². The molecule has 0 bridgehead atoms. The van der Waals surface area contributed by atoms with Crippen LogP contribution in [0.25, 0.3) is 0 Å². The van der Waals surface area contributed by atoms with Crippen molar-refractivity contribution in [2.75, 3.05) is 31.7 Å². The van der Waals surface area contributed by atoms with E-state index in [2.05, 4.69) is 17.3 Å². The second kappa shape index (κ2) is 5.51. The van der Waals surface area contributed by atoms with Crippen molar-refractivity contribution in [3.05, 3.63) is 23.8 Å². The lowest BCUT2D eigenvalue weighted by Crippen LogP contribution is -2.36. The maximum atomic E-state index is 11.6. The number of likely N-dealkylation sites (tertiary alicyclic amines) is 1. The zero-order valence-electron chi connectivity index (χ0n) is 11.8. The van der Waals surface area contributed by atoms with E-state index in [-0.39, 0.29) is 0 Å². The smallest absolute Gasteiger partial charge is 0.175 e. The standard InChI is InChI=1S/C14H22N2O2S/c1-11-4-5-13(19(3,17)18)10-14(11)15-12-6-8-16(2)9-7-12/h4-5,10,12,15H,6-9H2,1-3H3. The van der Waals surface area contributed by atoms with Crippen molar-refractivity contribution < 1.29 is 8.42 Å². The van der Waals surface area contributed by atoms with Gasteiger partial charge in [0.2, 0.25) is 0 Å². The summed E-state index contributed by atoms with van der Waals surface area (Å²) in [6.45, 7) is 4.17. The third-order valence-corrected chi connectivity index (χ3v) is 4.83. The molecule has 1 heterocycles. The van der Waals surface area contributed by atoms with E-state index in [1.165, 1.54) is 6.26 Å². The van der Waals surface area contributed by atoms with Crippen LogP contribution in [-0.4, -0.2) is 45.8 Å². The van der Waals surface area contributed by atoms with Crippen molar-refractivity contribution in [1.82, 2.24) is 4.90 Å². The van der Waals surface area contributed by atoms with Crippen molar-refractivity contribution in [2.45, 2.75) is 30.7 Å². The maximum Gasteiger partial charge on any atom is 0.175 e. The number of benzene rings is 1. The van der Waals surface area contributed by atoms with Crippen LogP contribution in [-0.2, 0) is 9.84 Å². The SMILES string of the molecule is Cc1ccc(S(C)(=O)=O)cc1NC1CCN(C)CC1. The van der Waals surface area contributed by atoms with E-state index in [0.29, 0.717) is 10.9 Å². The van der Waals surface area contributed by atoms with E-state index in [0.717, 1.165) is 37.2 Å². The number of hydrogen-bond donors (Lipinski definition) is 1. The molecule has 0 atom stereocenters. The van der Waals surface area contributed by atoms with E-state index < -0.39 is 9.84 Å². The molecule has 106 valence electrons. The quantitative estimate of drug-likeness (QED) is 0.920. The van der Waals surface area contributed by atoms with Gasteiger partial charge in [-0.15, -0.1) is 0 Å². The molecule has 0 saturated carbocycles. The fourth-order valence-corrected chi connectivity index (χ4v) is 3.01. The molecule has 2 rings (SSSR count). The van der Waals surface area contributed by atoms with E-state index in [9.17, 15) is 8.42 Å². The lowest BCUT2D eigenvalue weighted by atomic mass is 10.0. The third kappa shape index (κ3) is 3.70. The topological polar surface area (TPSA) is 49.4 Å². The van der Waals surface area contributed by atoms with Gasteiger partial charge in [-0.05, 0) is 57.6 Å². The predicted molar refractivity (Wildman–Crippen MR) is 78.4 cm³/mol. The number of sulfone groups is 1. The zero-order chi connectivity index (χ0) is 14.0. The number of anilines is 1. The molecule has 0 spiro atoms. The van der Waals surface area contributed by atoms with Gasteiger partial charge in [0.1, 0.15) is 0 Å². The van der Waals surface area contributed by atoms with Gasteiger partial charge >= 0.3 is 0 Å². The fourth-order valence-electron chi connectivity index (χ4n) is 2.36. The second-order valence-electron chi connectivity index (χ2n) is 5.47. The molecule has 1 aliphatic rings. The molecule has 1 aromatic rings. The van der Waals surface area contributed by atoms with E-state index in [4.69, 9.17) is 0 Å². The van der Waals surface area contributed by atoms with Gasteiger partial charge in [0.15, 0.2) is 9.84 Å². The van der Waals surface area contributed by atoms with Crippen LogP contribution in [0, 0.1) is 6.92 Å². The fraction of sp³-hybridized carbons (Fsp3) is 0.571. The van der Waals surface area contributed by atoms with Crippen LogP contribution in [0.5, 0.6) is 0 Å². The van der Waals surface area contributed by atoms with Crippen LogP contribution >= 0.6 is 0 Å². The summed E-state index contributed by atoms with van der Waals surface area (Å²) in [5.41, 5.74) is 2.03. The van der Waals surface area contributed by atoms with Gasteiger partial charge in [0.25, 0.3) is 0 Å². The van der Waals surface area contributed by atoms with Crippen molar-refractivity contribution in [2.24, 2.45) is 0 Å². The first-order valence-corrected chi connectivity index (χ1v) is 8.51. The molecule has 1 saturated heterocycles. The van der Waals surface area contributed by atoms with Crippen LogP contribution in [0.2, 0.25) is 0 Å². The Morgan fingerprint density at radius 2 is 1.89 bits per heavy atom. The molecule has 0 unspecified atom stereocenters. The summed E-state index contributed by atoms with van der Waals surface area (Å²) in [6.07, 6.45) is 3.44. The molecule has 0 amide bonds. The molecular formula is C14H22N2O2S. The van der Waals surface area contributed by atoms with Crippen molar-refractivity contribution in [1.29, 1.82) is 0 Å². The van der Waals surface area contributed by atoms with Crippen molar-refractivity contribution in [3.63, 3.8) is 0 Å². The van der Waals surface area contributed by atoms with E-state index >= 15 is 0 Å². The van der Waals surface area contributed by atoms with Crippen LogP contribution in [0.15, 0.2) is 23.1 Å². The van der Waals surface area contributed by atoms with Crippen molar-refractivity contribution in [3.8, 4) is 0 Å². The molecule has 5 heteroatoms. The summed E-state index contributed by atoms with van der Waals surface area (Å²) in [5.74, 6) is 0. The Morgan fingerprint density at radius 1 is 1.26 bits per heavy atom. The van der Waals surface area contributed by atoms with Crippen molar-refractivity contribution >= 4 is 15.5 Å². The maximum absolute atomic E-state index is 11.6. The highest BCUT2D eigenvalue weighted by Gasteiger charge is 2.17. The van der Waals surface area contributed by atoms with Gasteiger partial charge in [0.05, 0.1) is 4.90 Å². The van der Waals surface area contributed by atoms with Crippen LogP contribution in [0.3, 0.4) is 0 Å². The zero-order valence-corrected chi connectivity index (χ0v) is 12.6. The number of hydrogen-bond acceptors (Lipinski definition) is 4. The van der Waals surface area contributed by atoms with Gasteiger partial charge in [-0.1, -0.05) is 6.07 Å². The normalized spacial score (nSPS) is 18.5. The summed E-state index contributed by atoms with van der Waals surface area (Å²) in [5, 5.41) is 3.49. The average molecular weight is 282 g/mol. The summed E-state index contributed by atoms with van der Waals surface area (Å²) in [6, 6.07) is 5.73. The molecule has 0 aromatic heterocycles. The number of nitrogens with one attached hydrogen (secondary N) is 1. The largest absolute Gasteiger partial charge is 0.382 e. The van der Waals surface area contributed by atoms with Crippen LogP contribution in [0.4, 0.5) is 5.69 Å². The number of rotatable bonds is 3. The minimum Gasteiger partial charge on any atom is -0.382 e. The number of aryl methyl sites for hydroxylation is 1. The first-order valence-electron chi connectivity index (χ1n) is 6.62. The molecule has 1 fully saturated rings.